The van der Waals surface area contributed by atoms with Crippen LogP contribution in [0, 0.1) is 17.6 Å². The number of methoxy groups -OCH3 is 1. The first-order chi connectivity index (χ1) is 14.2. The van der Waals surface area contributed by atoms with Gasteiger partial charge in [-0.25, -0.2) is 13.6 Å². The van der Waals surface area contributed by atoms with Gasteiger partial charge in [0.15, 0.2) is 11.6 Å². The lowest BCUT2D eigenvalue weighted by atomic mass is 9.95. The van der Waals surface area contributed by atoms with E-state index < -0.39 is 58.5 Å². The van der Waals surface area contributed by atoms with Crippen molar-refractivity contribution in [2.24, 2.45) is 5.92 Å². The lowest BCUT2D eigenvalue weighted by Crippen LogP contribution is -2.48. The maximum absolute atomic E-state index is 13.7. The van der Waals surface area contributed by atoms with E-state index in [9.17, 15) is 32.8 Å². The van der Waals surface area contributed by atoms with Crippen LogP contribution >= 0.6 is 0 Å². The van der Waals surface area contributed by atoms with Gasteiger partial charge < -0.3 is 20.7 Å². The van der Waals surface area contributed by atoms with Gasteiger partial charge in [0.25, 0.3) is 11.8 Å². The molecule has 1 heterocycles. The highest BCUT2D eigenvalue weighted by molar-refractivity contribution is 6.38. The van der Waals surface area contributed by atoms with Gasteiger partial charge in [-0.05, 0) is 18.9 Å². The van der Waals surface area contributed by atoms with Crippen LogP contribution in [-0.4, -0.2) is 56.3 Å². The SMILES string of the molecule is CNC(=O)C(=O)[C@H](C[C@@H]1CCNC1=O)NC(=O)c1cc(F)c(F)cc1NC(=O)OC. The molecule has 10 nitrogen and oxygen atoms in total. The van der Waals surface area contributed by atoms with Gasteiger partial charge in [-0.2, -0.15) is 0 Å². The molecular weight excluding hydrogens is 406 g/mol. The summed E-state index contributed by atoms with van der Waals surface area (Å²) in [7, 11) is 2.24. The van der Waals surface area contributed by atoms with Gasteiger partial charge in [-0.15, -0.1) is 0 Å². The summed E-state index contributed by atoms with van der Waals surface area (Å²) < 4.78 is 31.7. The van der Waals surface area contributed by atoms with Crippen LogP contribution in [0.5, 0.6) is 0 Å². The quantitative estimate of drug-likeness (QED) is 0.455. The third-order valence-corrected chi connectivity index (χ3v) is 4.48. The number of hydrogen-bond donors (Lipinski definition) is 4. The predicted molar refractivity (Wildman–Crippen MR) is 98.4 cm³/mol. The van der Waals surface area contributed by atoms with E-state index in [1.807, 2.05) is 0 Å². The smallest absolute Gasteiger partial charge is 0.411 e. The van der Waals surface area contributed by atoms with Crippen LogP contribution in [0.2, 0.25) is 0 Å². The lowest BCUT2D eigenvalue weighted by molar-refractivity contribution is -0.139. The van der Waals surface area contributed by atoms with Crippen LogP contribution in [0.1, 0.15) is 23.2 Å². The molecule has 2 rings (SSSR count). The Labute approximate surface area is 169 Å². The zero-order valence-corrected chi connectivity index (χ0v) is 16.1. The molecule has 1 aliphatic heterocycles. The van der Waals surface area contributed by atoms with Crippen LogP contribution in [-0.2, 0) is 19.1 Å². The van der Waals surface area contributed by atoms with Crippen molar-refractivity contribution in [1.29, 1.82) is 0 Å². The zero-order chi connectivity index (χ0) is 22.4. The molecule has 0 radical (unpaired) electrons. The van der Waals surface area contributed by atoms with Crippen LogP contribution in [0.3, 0.4) is 0 Å². The summed E-state index contributed by atoms with van der Waals surface area (Å²) in [6.07, 6.45) is -0.824. The molecule has 1 aliphatic rings. The highest BCUT2D eigenvalue weighted by Gasteiger charge is 2.34. The number of amides is 4. The molecular formula is C18H20F2N4O6. The van der Waals surface area contributed by atoms with Crippen molar-refractivity contribution in [3.8, 4) is 0 Å². The summed E-state index contributed by atoms with van der Waals surface area (Å²) in [6, 6.07) is -0.314. The number of halogens is 2. The highest BCUT2D eigenvalue weighted by Crippen LogP contribution is 2.22. The molecule has 0 spiro atoms. The Hall–Kier alpha value is -3.57. The summed E-state index contributed by atoms with van der Waals surface area (Å²) in [5, 5.41) is 9.04. The maximum atomic E-state index is 13.7. The summed E-state index contributed by atoms with van der Waals surface area (Å²) >= 11 is 0. The highest BCUT2D eigenvalue weighted by atomic mass is 19.2. The molecule has 0 bridgehead atoms. The third-order valence-electron chi connectivity index (χ3n) is 4.48. The first kappa shape index (κ1) is 22.7. The molecule has 4 N–H and O–H groups in total. The number of ether oxygens (including phenoxy) is 1. The Bertz CT molecular complexity index is 892. The Morgan fingerprint density at radius 3 is 2.47 bits per heavy atom. The fourth-order valence-electron chi connectivity index (χ4n) is 2.90. The van der Waals surface area contributed by atoms with E-state index in [-0.39, 0.29) is 12.3 Å². The van der Waals surface area contributed by atoms with Crippen LogP contribution < -0.4 is 21.3 Å². The van der Waals surface area contributed by atoms with E-state index in [0.29, 0.717) is 25.1 Å². The van der Waals surface area contributed by atoms with Crippen LogP contribution in [0.4, 0.5) is 19.3 Å². The summed E-state index contributed by atoms with van der Waals surface area (Å²) in [5.74, 6) is -6.76. The molecule has 1 fully saturated rings. The Morgan fingerprint density at radius 1 is 1.23 bits per heavy atom. The van der Waals surface area contributed by atoms with Crippen molar-refractivity contribution >= 4 is 35.3 Å². The fraction of sp³-hybridized carbons (Fsp3) is 0.389. The second kappa shape index (κ2) is 9.76. The van der Waals surface area contributed by atoms with E-state index >= 15 is 0 Å². The van der Waals surface area contributed by atoms with Crippen molar-refractivity contribution in [2.75, 3.05) is 26.0 Å². The van der Waals surface area contributed by atoms with Crippen molar-refractivity contribution in [3.63, 3.8) is 0 Å². The number of rotatable bonds is 7. The number of Topliss-reactive ketones (excluding diaryl/α,β-unsaturated/α-hetero) is 1. The minimum absolute atomic E-state index is 0.173. The normalized spacial score (nSPS) is 16.3. The third kappa shape index (κ3) is 5.27. The zero-order valence-electron chi connectivity index (χ0n) is 16.1. The maximum Gasteiger partial charge on any atom is 0.411 e. The molecule has 0 saturated carbocycles. The molecule has 162 valence electrons. The molecule has 0 aromatic heterocycles. The average Bonchev–Trinajstić information content (AvgIpc) is 3.12. The van der Waals surface area contributed by atoms with Gasteiger partial charge in [0.2, 0.25) is 11.7 Å². The van der Waals surface area contributed by atoms with E-state index in [0.717, 1.165) is 7.11 Å². The average molecular weight is 426 g/mol. The summed E-state index contributed by atoms with van der Waals surface area (Å²) in [6.45, 7) is 0.384. The topological polar surface area (TPSA) is 143 Å². The summed E-state index contributed by atoms with van der Waals surface area (Å²) in [4.78, 5) is 60.1. The van der Waals surface area contributed by atoms with Gasteiger partial charge >= 0.3 is 6.09 Å². The first-order valence-electron chi connectivity index (χ1n) is 8.86. The second-order valence-electron chi connectivity index (χ2n) is 6.41. The fourth-order valence-corrected chi connectivity index (χ4v) is 2.90. The van der Waals surface area contributed by atoms with E-state index in [4.69, 9.17) is 0 Å². The van der Waals surface area contributed by atoms with Gasteiger partial charge in [0.1, 0.15) is 0 Å². The minimum Gasteiger partial charge on any atom is -0.453 e. The number of nitrogens with one attached hydrogen (secondary N) is 4. The molecule has 1 saturated heterocycles. The van der Waals surface area contributed by atoms with Gasteiger partial charge in [-0.3, -0.25) is 24.5 Å². The predicted octanol–water partition coefficient (Wildman–Crippen LogP) is 0.0828. The van der Waals surface area contributed by atoms with Crippen molar-refractivity contribution in [1.82, 2.24) is 16.0 Å². The van der Waals surface area contributed by atoms with E-state index in [2.05, 4.69) is 26.0 Å². The first-order valence-corrected chi connectivity index (χ1v) is 8.86. The minimum atomic E-state index is -1.41. The molecule has 2 atom stereocenters. The molecule has 30 heavy (non-hydrogen) atoms. The van der Waals surface area contributed by atoms with Crippen LogP contribution in [0.15, 0.2) is 12.1 Å². The monoisotopic (exact) mass is 426 g/mol. The lowest BCUT2D eigenvalue weighted by Gasteiger charge is -2.20. The molecule has 1 aromatic rings. The van der Waals surface area contributed by atoms with Gasteiger partial charge in [-0.1, -0.05) is 0 Å². The molecule has 0 unspecified atom stereocenters. The number of likely N-dealkylation sites (N-methyl/N-ethyl adjacent to an activating group) is 1. The standard InChI is InChI=1S/C18H20F2N4O6/c1-21-17(28)14(25)13(5-8-3-4-22-15(8)26)23-16(27)9-6-10(19)11(20)7-12(9)24-18(29)30-2/h6-8,13H,3-5H2,1-2H3,(H,21,28)(H,22,26)(H,23,27)(H,24,29)/t8-,13-/m0/s1. The molecule has 1 aromatic carbocycles. The van der Waals surface area contributed by atoms with Crippen LogP contribution in [0.25, 0.3) is 0 Å². The Morgan fingerprint density at radius 2 is 1.90 bits per heavy atom. The van der Waals surface area contributed by atoms with Crippen molar-refractivity contribution < 1.29 is 37.5 Å². The molecule has 12 heteroatoms. The number of benzene rings is 1. The van der Waals surface area contributed by atoms with E-state index in [1.54, 1.807) is 0 Å². The number of hydrogen-bond acceptors (Lipinski definition) is 6. The molecule has 4 amide bonds. The Balaban J connectivity index is 2.32. The number of anilines is 1. The van der Waals surface area contributed by atoms with Gasteiger partial charge in [0.05, 0.1) is 24.4 Å². The number of carbonyl (C=O) groups is 5. The number of ketones is 1. The van der Waals surface area contributed by atoms with Crippen molar-refractivity contribution in [3.05, 3.63) is 29.3 Å². The Kier molecular flexibility index (Phi) is 7.39. The largest absolute Gasteiger partial charge is 0.453 e. The van der Waals surface area contributed by atoms with E-state index in [1.165, 1.54) is 7.05 Å². The number of carbonyl (C=O) groups excluding carboxylic acids is 5. The molecule has 0 aliphatic carbocycles. The second-order valence-corrected chi connectivity index (χ2v) is 6.41. The summed E-state index contributed by atoms with van der Waals surface area (Å²) in [5.41, 5.74) is -0.923. The van der Waals surface area contributed by atoms with Gasteiger partial charge in [0, 0.05) is 25.6 Å². The van der Waals surface area contributed by atoms with Crippen molar-refractivity contribution in [2.45, 2.75) is 18.9 Å².